The lowest BCUT2D eigenvalue weighted by molar-refractivity contribution is 0.546. The highest BCUT2D eigenvalue weighted by atomic mass is 19.1. The highest BCUT2D eigenvalue weighted by Gasteiger charge is 2.20. The Labute approximate surface area is 134 Å². The van der Waals surface area contributed by atoms with Crippen LogP contribution in [0.3, 0.4) is 0 Å². The molecule has 2 aromatic heterocycles. The van der Waals surface area contributed by atoms with Crippen molar-refractivity contribution in [2.24, 2.45) is 7.05 Å². The number of rotatable bonds is 2. The van der Waals surface area contributed by atoms with Crippen LogP contribution < -0.4 is 0 Å². The van der Waals surface area contributed by atoms with Crippen LogP contribution in [-0.2, 0) is 7.05 Å². The summed E-state index contributed by atoms with van der Waals surface area (Å²) >= 11 is 0. The van der Waals surface area contributed by atoms with Crippen LogP contribution in [0.4, 0.5) is 13.2 Å². The predicted octanol–water partition coefficient (Wildman–Crippen LogP) is 3.24. The van der Waals surface area contributed by atoms with Crippen LogP contribution in [0.25, 0.3) is 28.1 Å². The molecule has 0 saturated carbocycles. The number of imidazole rings is 1. The molecule has 0 fully saturated rings. The van der Waals surface area contributed by atoms with Crippen LogP contribution in [0.5, 0.6) is 0 Å². The summed E-state index contributed by atoms with van der Waals surface area (Å²) in [5, 5.41) is 8.04. The van der Waals surface area contributed by atoms with Crippen molar-refractivity contribution in [1.29, 1.82) is 0 Å². The SMILES string of the molecule is Cn1nnc2c(-n3ccnc3-c3c(F)cc(F)cc3F)cccc21. The van der Waals surface area contributed by atoms with Gasteiger partial charge in [0, 0.05) is 31.6 Å². The minimum Gasteiger partial charge on any atom is -0.297 e. The van der Waals surface area contributed by atoms with Crippen molar-refractivity contribution in [3.63, 3.8) is 0 Å². The van der Waals surface area contributed by atoms with Gasteiger partial charge in [-0.25, -0.2) is 22.8 Å². The van der Waals surface area contributed by atoms with E-state index < -0.39 is 23.0 Å². The second kappa shape index (κ2) is 5.19. The van der Waals surface area contributed by atoms with Crippen molar-refractivity contribution < 1.29 is 13.2 Å². The van der Waals surface area contributed by atoms with E-state index in [1.165, 1.54) is 10.8 Å². The second-order valence-corrected chi connectivity index (χ2v) is 5.22. The highest BCUT2D eigenvalue weighted by molar-refractivity contribution is 5.84. The molecular formula is C16H10F3N5. The van der Waals surface area contributed by atoms with Gasteiger partial charge in [0.05, 0.1) is 16.8 Å². The zero-order valence-electron chi connectivity index (χ0n) is 12.4. The summed E-state index contributed by atoms with van der Waals surface area (Å²) in [4.78, 5) is 4.03. The van der Waals surface area contributed by atoms with Crippen molar-refractivity contribution in [2.45, 2.75) is 0 Å². The van der Waals surface area contributed by atoms with Crippen molar-refractivity contribution in [1.82, 2.24) is 24.5 Å². The van der Waals surface area contributed by atoms with Crippen molar-refractivity contribution in [2.75, 3.05) is 0 Å². The molecule has 0 aliphatic rings. The van der Waals surface area contributed by atoms with E-state index in [0.29, 0.717) is 23.3 Å². The van der Waals surface area contributed by atoms with Crippen molar-refractivity contribution in [3.8, 4) is 17.1 Å². The van der Waals surface area contributed by atoms with E-state index in [0.717, 1.165) is 5.52 Å². The summed E-state index contributed by atoms with van der Waals surface area (Å²) in [6.07, 6.45) is 2.97. The number of hydrogen-bond acceptors (Lipinski definition) is 3. The zero-order valence-corrected chi connectivity index (χ0v) is 12.4. The monoisotopic (exact) mass is 329 g/mol. The zero-order chi connectivity index (χ0) is 16.8. The van der Waals surface area contributed by atoms with Crippen molar-refractivity contribution >= 4 is 11.0 Å². The Bertz CT molecular complexity index is 1040. The fraction of sp³-hybridized carbons (Fsp3) is 0.0625. The van der Waals surface area contributed by atoms with Gasteiger partial charge in [0.1, 0.15) is 28.8 Å². The van der Waals surface area contributed by atoms with E-state index >= 15 is 0 Å². The molecular weight excluding hydrogens is 319 g/mol. The molecule has 0 bridgehead atoms. The number of aromatic nitrogens is 5. The Morgan fingerprint density at radius 2 is 1.79 bits per heavy atom. The summed E-state index contributed by atoms with van der Waals surface area (Å²) in [6.45, 7) is 0. The van der Waals surface area contributed by atoms with E-state index in [-0.39, 0.29) is 5.82 Å². The van der Waals surface area contributed by atoms with Crippen LogP contribution in [0.2, 0.25) is 0 Å². The number of fused-ring (bicyclic) bond motifs is 1. The van der Waals surface area contributed by atoms with Crippen LogP contribution in [0.15, 0.2) is 42.7 Å². The van der Waals surface area contributed by atoms with Gasteiger partial charge in [-0.15, -0.1) is 5.10 Å². The molecule has 0 spiro atoms. The number of nitrogens with zero attached hydrogens (tertiary/aromatic N) is 5. The first-order chi connectivity index (χ1) is 11.6. The van der Waals surface area contributed by atoms with Gasteiger partial charge in [-0.3, -0.25) is 4.57 Å². The lowest BCUT2D eigenvalue weighted by atomic mass is 10.1. The predicted molar refractivity (Wildman–Crippen MR) is 80.9 cm³/mol. The summed E-state index contributed by atoms with van der Waals surface area (Å²) in [5.41, 5.74) is 1.48. The van der Waals surface area contributed by atoms with E-state index in [2.05, 4.69) is 15.3 Å². The molecule has 4 rings (SSSR count). The third-order valence-electron chi connectivity index (χ3n) is 3.75. The van der Waals surface area contributed by atoms with Gasteiger partial charge >= 0.3 is 0 Å². The summed E-state index contributed by atoms with van der Waals surface area (Å²) in [6, 6.07) is 6.60. The standard InChI is InChI=1S/C16H10F3N5/c1-23-12-3-2-4-13(15(12)21-22-23)24-6-5-20-16(24)14-10(18)7-9(17)8-11(14)19/h2-8H,1H3. The molecule has 0 saturated heterocycles. The number of aryl methyl sites for hydroxylation is 1. The molecule has 0 aliphatic carbocycles. The van der Waals surface area contributed by atoms with Gasteiger partial charge in [-0.1, -0.05) is 11.3 Å². The van der Waals surface area contributed by atoms with Crippen LogP contribution in [0, 0.1) is 17.5 Å². The second-order valence-electron chi connectivity index (χ2n) is 5.22. The summed E-state index contributed by atoms with van der Waals surface area (Å²) in [5.74, 6) is -3.01. The normalized spacial score (nSPS) is 11.3. The van der Waals surface area contributed by atoms with E-state index in [1.54, 1.807) is 30.1 Å². The lowest BCUT2D eigenvalue weighted by Gasteiger charge is -2.10. The molecule has 2 heterocycles. The molecule has 2 aromatic carbocycles. The molecule has 5 nitrogen and oxygen atoms in total. The van der Waals surface area contributed by atoms with E-state index in [4.69, 9.17) is 0 Å². The lowest BCUT2D eigenvalue weighted by Crippen LogP contribution is -2.02. The Balaban J connectivity index is 1.99. The molecule has 24 heavy (non-hydrogen) atoms. The number of hydrogen-bond donors (Lipinski definition) is 0. The van der Waals surface area contributed by atoms with Crippen LogP contribution in [0.1, 0.15) is 0 Å². The minimum atomic E-state index is -1.02. The first-order valence-electron chi connectivity index (χ1n) is 7.03. The maximum Gasteiger partial charge on any atom is 0.150 e. The van der Waals surface area contributed by atoms with Crippen LogP contribution >= 0.6 is 0 Å². The molecule has 0 N–H and O–H groups in total. The molecule has 120 valence electrons. The third-order valence-corrected chi connectivity index (χ3v) is 3.75. The Morgan fingerprint density at radius 1 is 1.04 bits per heavy atom. The molecule has 0 amide bonds. The Hall–Kier alpha value is -3.16. The topological polar surface area (TPSA) is 48.5 Å². The van der Waals surface area contributed by atoms with Gasteiger partial charge in [-0.05, 0) is 12.1 Å². The highest BCUT2D eigenvalue weighted by Crippen LogP contribution is 2.29. The van der Waals surface area contributed by atoms with Gasteiger partial charge < -0.3 is 0 Å². The van der Waals surface area contributed by atoms with E-state index in [1.807, 2.05) is 6.07 Å². The van der Waals surface area contributed by atoms with Crippen LogP contribution in [-0.4, -0.2) is 24.5 Å². The Morgan fingerprint density at radius 3 is 2.54 bits per heavy atom. The average molecular weight is 329 g/mol. The van der Waals surface area contributed by atoms with Crippen molar-refractivity contribution in [3.05, 3.63) is 60.2 Å². The van der Waals surface area contributed by atoms with Gasteiger partial charge in [-0.2, -0.15) is 0 Å². The fourth-order valence-corrected chi connectivity index (χ4v) is 2.68. The van der Waals surface area contributed by atoms with Gasteiger partial charge in [0.25, 0.3) is 0 Å². The van der Waals surface area contributed by atoms with Gasteiger partial charge in [0.2, 0.25) is 0 Å². The average Bonchev–Trinajstić information content (AvgIpc) is 3.14. The largest absolute Gasteiger partial charge is 0.297 e. The summed E-state index contributed by atoms with van der Waals surface area (Å²) in [7, 11) is 1.74. The quantitative estimate of drug-likeness (QED) is 0.567. The first kappa shape index (κ1) is 14.4. The maximum absolute atomic E-state index is 14.1. The molecule has 0 atom stereocenters. The number of halogens is 3. The smallest absolute Gasteiger partial charge is 0.150 e. The third kappa shape index (κ3) is 2.07. The molecule has 4 aromatic rings. The summed E-state index contributed by atoms with van der Waals surface area (Å²) < 4.78 is 44.5. The van der Waals surface area contributed by atoms with E-state index in [9.17, 15) is 13.2 Å². The minimum absolute atomic E-state index is 0.0168. The molecule has 0 radical (unpaired) electrons. The Kier molecular flexibility index (Phi) is 3.12. The fourth-order valence-electron chi connectivity index (χ4n) is 2.68. The maximum atomic E-state index is 14.1. The molecule has 8 heteroatoms. The molecule has 0 aliphatic heterocycles. The first-order valence-corrected chi connectivity index (χ1v) is 7.03. The van der Waals surface area contributed by atoms with Gasteiger partial charge in [0.15, 0.2) is 0 Å². The molecule has 0 unspecified atom stereocenters. The number of benzene rings is 2.